The topological polar surface area (TPSA) is 111 Å². The van der Waals surface area contributed by atoms with Gasteiger partial charge in [-0.15, -0.1) is 0 Å². The summed E-state index contributed by atoms with van der Waals surface area (Å²) in [5, 5.41) is 17.4. The maximum atomic E-state index is 13.0. The lowest BCUT2D eigenvalue weighted by atomic mass is 9.72. The highest BCUT2D eigenvalue weighted by Gasteiger charge is 2.38. The standard InChI is InChI=1S/C31H37N5O4/c1-22-6-9-25(10-7-22)36-23(2)27(20-34-36)30(37)35-24-8-11-28(33-19-24)31(21-32)14-12-26(13-15-31)38-17-18-40-29-5-3-4-16-39-29/h6-11,19-20,26,29H,3-5,12-18H2,1-2H3,(H,35,37). The third-order valence-corrected chi connectivity index (χ3v) is 7.92. The molecule has 1 aliphatic carbocycles. The first-order valence-electron chi connectivity index (χ1n) is 14.1. The number of anilines is 1. The van der Waals surface area contributed by atoms with Crippen LogP contribution in [0.4, 0.5) is 5.69 Å². The molecule has 0 bridgehead atoms. The van der Waals surface area contributed by atoms with Crippen LogP contribution >= 0.6 is 0 Å². The number of nitriles is 1. The summed E-state index contributed by atoms with van der Waals surface area (Å²) in [6.45, 7) is 5.72. The molecule has 2 fully saturated rings. The minimum atomic E-state index is -0.652. The van der Waals surface area contributed by atoms with Crippen molar-refractivity contribution in [3.8, 4) is 11.8 Å². The second kappa shape index (κ2) is 12.7. The second-order valence-electron chi connectivity index (χ2n) is 10.7. The van der Waals surface area contributed by atoms with Gasteiger partial charge in [0.25, 0.3) is 5.91 Å². The van der Waals surface area contributed by atoms with Gasteiger partial charge in [0.05, 0.1) is 71.5 Å². The molecule has 0 spiro atoms. The van der Waals surface area contributed by atoms with E-state index in [4.69, 9.17) is 14.2 Å². The summed E-state index contributed by atoms with van der Waals surface area (Å²) in [4.78, 5) is 17.6. The number of nitrogens with one attached hydrogen (secondary N) is 1. The van der Waals surface area contributed by atoms with Gasteiger partial charge in [-0.1, -0.05) is 17.7 Å². The van der Waals surface area contributed by atoms with Gasteiger partial charge in [0.15, 0.2) is 6.29 Å². The fourth-order valence-corrected chi connectivity index (χ4v) is 5.44. The Labute approximate surface area is 235 Å². The van der Waals surface area contributed by atoms with Crippen LogP contribution < -0.4 is 5.32 Å². The molecule has 1 atom stereocenters. The Hall–Kier alpha value is -3.58. The molecule has 3 aromatic rings. The maximum absolute atomic E-state index is 13.0. The molecule has 2 aromatic heterocycles. The van der Waals surface area contributed by atoms with Crippen LogP contribution in [-0.2, 0) is 19.6 Å². The summed E-state index contributed by atoms with van der Waals surface area (Å²) in [7, 11) is 0. The lowest BCUT2D eigenvalue weighted by Crippen LogP contribution is -2.34. The van der Waals surface area contributed by atoms with E-state index in [9.17, 15) is 10.1 Å². The van der Waals surface area contributed by atoms with Crippen LogP contribution in [0.2, 0.25) is 0 Å². The van der Waals surface area contributed by atoms with Crippen molar-refractivity contribution in [3.05, 3.63) is 71.3 Å². The first-order valence-corrected chi connectivity index (χ1v) is 14.1. The first-order chi connectivity index (χ1) is 19.5. The van der Waals surface area contributed by atoms with Gasteiger partial charge in [0.1, 0.15) is 0 Å². The van der Waals surface area contributed by atoms with E-state index in [0.717, 1.165) is 61.3 Å². The quantitative estimate of drug-likeness (QED) is 0.360. The Balaban J connectivity index is 1.13. The van der Waals surface area contributed by atoms with Crippen LogP contribution in [0, 0.1) is 25.2 Å². The average molecular weight is 544 g/mol. The van der Waals surface area contributed by atoms with Gasteiger partial charge in [-0.05, 0) is 83.1 Å². The van der Waals surface area contributed by atoms with Gasteiger partial charge in [-0.25, -0.2) is 4.68 Å². The Kier molecular flexibility index (Phi) is 8.90. The third kappa shape index (κ3) is 6.41. The Morgan fingerprint density at radius 2 is 1.85 bits per heavy atom. The van der Waals surface area contributed by atoms with E-state index in [1.165, 1.54) is 0 Å². The summed E-state index contributed by atoms with van der Waals surface area (Å²) in [5.41, 5.74) is 3.96. The molecular weight excluding hydrogens is 506 g/mol. The zero-order chi connectivity index (χ0) is 28.0. The fraction of sp³-hybridized carbons (Fsp3) is 0.484. The van der Waals surface area contributed by atoms with Crippen LogP contribution in [-0.4, -0.2) is 52.9 Å². The molecule has 1 amide bonds. The van der Waals surface area contributed by atoms with Gasteiger partial charge in [0.2, 0.25) is 0 Å². The summed E-state index contributed by atoms with van der Waals surface area (Å²) in [6, 6.07) is 14.2. The average Bonchev–Trinajstić information content (AvgIpc) is 3.38. The molecule has 9 heteroatoms. The van der Waals surface area contributed by atoms with Crippen LogP contribution in [0.3, 0.4) is 0 Å². The van der Waals surface area contributed by atoms with Crippen LogP contribution in [0.5, 0.6) is 0 Å². The van der Waals surface area contributed by atoms with Gasteiger partial charge < -0.3 is 19.5 Å². The molecule has 1 aromatic carbocycles. The van der Waals surface area contributed by atoms with Crippen molar-refractivity contribution < 1.29 is 19.0 Å². The monoisotopic (exact) mass is 543 g/mol. The molecule has 1 aliphatic heterocycles. The predicted octanol–water partition coefficient (Wildman–Crippen LogP) is 5.40. The molecule has 1 saturated heterocycles. The fourth-order valence-electron chi connectivity index (χ4n) is 5.44. The highest BCUT2D eigenvalue weighted by molar-refractivity contribution is 6.04. The van der Waals surface area contributed by atoms with Crippen molar-refractivity contribution in [1.82, 2.24) is 14.8 Å². The summed E-state index contributed by atoms with van der Waals surface area (Å²) in [6.07, 6.45) is 9.34. The minimum Gasteiger partial charge on any atom is -0.376 e. The molecule has 5 rings (SSSR count). The normalized spacial score (nSPS) is 22.9. The maximum Gasteiger partial charge on any atom is 0.259 e. The van der Waals surface area contributed by atoms with Crippen LogP contribution in [0.25, 0.3) is 5.69 Å². The molecule has 9 nitrogen and oxygen atoms in total. The number of hydrogen-bond donors (Lipinski definition) is 1. The Morgan fingerprint density at radius 3 is 2.52 bits per heavy atom. The van der Waals surface area contributed by atoms with Crippen LogP contribution in [0.15, 0.2) is 48.8 Å². The number of hydrogen-bond acceptors (Lipinski definition) is 7. The number of amides is 1. The van der Waals surface area contributed by atoms with Gasteiger partial charge in [-0.2, -0.15) is 10.4 Å². The molecule has 0 radical (unpaired) electrons. The number of carbonyl (C=O) groups is 1. The molecule has 1 unspecified atom stereocenters. The van der Waals surface area contributed by atoms with E-state index in [-0.39, 0.29) is 18.3 Å². The first kappa shape index (κ1) is 28.0. The third-order valence-electron chi connectivity index (χ3n) is 7.92. The number of benzene rings is 1. The lowest BCUT2D eigenvalue weighted by molar-refractivity contribution is -0.172. The molecular formula is C31H37N5O4. The van der Waals surface area contributed by atoms with Crippen molar-refractivity contribution in [3.63, 3.8) is 0 Å². The smallest absolute Gasteiger partial charge is 0.259 e. The van der Waals surface area contributed by atoms with E-state index in [2.05, 4.69) is 21.5 Å². The van der Waals surface area contributed by atoms with E-state index in [1.54, 1.807) is 17.1 Å². The largest absolute Gasteiger partial charge is 0.376 e. The van der Waals surface area contributed by atoms with E-state index in [0.29, 0.717) is 37.3 Å². The van der Waals surface area contributed by atoms with E-state index in [1.807, 2.05) is 50.2 Å². The lowest BCUT2D eigenvalue weighted by Gasteiger charge is -2.34. The molecule has 1 N–H and O–H groups in total. The highest BCUT2D eigenvalue weighted by atomic mass is 16.7. The Bertz CT molecular complexity index is 1320. The Morgan fingerprint density at radius 1 is 1.07 bits per heavy atom. The number of carbonyl (C=O) groups excluding carboxylic acids is 1. The van der Waals surface area contributed by atoms with Crippen molar-refractivity contribution in [2.45, 2.75) is 76.6 Å². The number of aromatic nitrogens is 3. The van der Waals surface area contributed by atoms with Gasteiger partial charge >= 0.3 is 0 Å². The van der Waals surface area contributed by atoms with Gasteiger partial charge in [0, 0.05) is 6.61 Å². The molecule has 2 aliphatic rings. The van der Waals surface area contributed by atoms with Crippen molar-refractivity contribution in [2.24, 2.45) is 0 Å². The minimum absolute atomic E-state index is 0.103. The molecule has 210 valence electrons. The van der Waals surface area contributed by atoms with E-state index >= 15 is 0 Å². The van der Waals surface area contributed by atoms with E-state index < -0.39 is 5.41 Å². The zero-order valence-electron chi connectivity index (χ0n) is 23.3. The number of rotatable bonds is 9. The van der Waals surface area contributed by atoms with Crippen molar-refractivity contribution in [1.29, 1.82) is 5.26 Å². The highest BCUT2D eigenvalue weighted by Crippen LogP contribution is 2.39. The number of aryl methyl sites for hydroxylation is 1. The number of pyridine rings is 1. The SMILES string of the molecule is Cc1ccc(-n2ncc(C(=O)Nc3ccc(C4(C#N)CCC(OCCOC5CCCCO5)CC4)nc3)c2C)cc1. The molecule has 40 heavy (non-hydrogen) atoms. The molecule has 3 heterocycles. The zero-order valence-corrected chi connectivity index (χ0v) is 23.3. The predicted molar refractivity (Wildman–Crippen MR) is 150 cm³/mol. The van der Waals surface area contributed by atoms with Gasteiger partial charge in [-0.3, -0.25) is 9.78 Å². The summed E-state index contributed by atoms with van der Waals surface area (Å²) >= 11 is 0. The summed E-state index contributed by atoms with van der Waals surface area (Å²) < 4.78 is 19.1. The number of ether oxygens (including phenoxy) is 3. The van der Waals surface area contributed by atoms with Crippen molar-refractivity contribution >= 4 is 11.6 Å². The van der Waals surface area contributed by atoms with Crippen LogP contribution in [0.1, 0.15) is 72.3 Å². The second-order valence-corrected chi connectivity index (χ2v) is 10.7. The van der Waals surface area contributed by atoms with Crippen molar-refractivity contribution in [2.75, 3.05) is 25.1 Å². The summed E-state index contributed by atoms with van der Waals surface area (Å²) in [5.74, 6) is -0.253. The molecule has 1 saturated carbocycles. The number of nitrogens with zero attached hydrogens (tertiary/aromatic N) is 4.